The van der Waals surface area contributed by atoms with E-state index in [-0.39, 0.29) is 0 Å². The topological polar surface area (TPSA) is 613 Å². The summed E-state index contributed by atoms with van der Waals surface area (Å²) in [6.07, 6.45) is -53.0. The van der Waals surface area contributed by atoms with Gasteiger partial charge in [0.15, 0.2) is 43.5 Å². The lowest BCUT2D eigenvalue weighted by Crippen LogP contribution is -2.70. The van der Waals surface area contributed by atoms with E-state index in [0.29, 0.717) is 0 Å². The smallest absolute Gasteiger partial charge is 0.397 e. The predicted molar refractivity (Wildman–Crippen MR) is 272 cm³/mol. The Labute approximate surface area is 512 Å². The minimum absolute atomic E-state index is 0.829. The molecule has 8 N–H and O–H groups in total. The summed E-state index contributed by atoms with van der Waals surface area (Å²) in [5.74, 6) is -4.09. The number of carboxylic acids is 2. The molecule has 0 aliphatic carbocycles. The average molecular weight is 1450 g/mol. The number of ether oxygens (including phenoxy) is 17. The summed E-state index contributed by atoms with van der Waals surface area (Å²) in [5.41, 5.74) is 0. The zero-order chi connectivity index (χ0) is 68.0. The molecule has 0 saturated carbocycles. The molecule has 90 heavy (non-hydrogen) atoms. The maximum absolute atomic E-state index is 13.3. The third kappa shape index (κ3) is 21.0. The molecule has 25 atom stereocenters. The van der Waals surface area contributed by atoms with E-state index in [1.165, 1.54) is 0 Å². The van der Waals surface area contributed by atoms with Crippen molar-refractivity contribution in [1.82, 2.24) is 0 Å². The molecule has 0 bridgehead atoms. The highest BCUT2D eigenvalue weighted by Gasteiger charge is 2.62. The first-order chi connectivity index (χ1) is 41.6. The molecule has 5 saturated heterocycles. The monoisotopic (exact) mass is 1450 g/mol. The fourth-order valence-corrected chi connectivity index (χ4v) is 12.7. The van der Waals surface area contributed by atoms with Gasteiger partial charge < -0.3 is 90.7 Å². The second kappa shape index (κ2) is 32.0. The molecule has 0 aromatic rings. The van der Waals surface area contributed by atoms with E-state index in [2.05, 4.69) is 12.5 Å². The molecule has 0 amide bonds. The van der Waals surface area contributed by atoms with Crippen LogP contribution in [0.5, 0.6) is 0 Å². The van der Waals surface area contributed by atoms with E-state index in [0.717, 1.165) is 63.8 Å². The van der Waals surface area contributed by atoms with Crippen molar-refractivity contribution in [2.75, 3.05) is 76.7 Å². The van der Waals surface area contributed by atoms with Crippen LogP contribution >= 0.6 is 0 Å². The first kappa shape index (κ1) is 78.2. The van der Waals surface area contributed by atoms with Crippen molar-refractivity contribution in [2.45, 2.75) is 160 Å². The third-order valence-electron chi connectivity index (χ3n) is 13.7. The van der Waals surface area contributed by atoms with Gasteiger partial charge in [0.1, 0.15) is 104 Å². The molecule has 0 unspecified atom stereocenters. The summed E-state index contributed by atoms with van der Waals surface area (Å²) in [7, 11) is -26.0. The van der Waals surface area contributed by atoms with Crippen molar-refractivity contribution in [1.29, 1.82) is 0 Å². The van der Waals surface area contributed by atoms with Gasteiger partial charge in [-0.25, -0.2) is 34.7 Å². The Morgan fingerprint density at radius 1 is 0.311 bits per heavy atom. The predicted octanol–water partition coefficient (Wildman–Crippen LogP) is -6.47. The molecule has 528 valence electrons. The minimum Gasteiger partial charge on any atom is -0.479 e. The fourth-order valence-electron chi connectivity index (χ4n) is 10.3. The van der Waals surface area contributed by atoms with E-state index in [9.17, 15) is 97.6 Å². The van der Waals surface area contributed by atoms with E-state index in [1.807, 2.05) is 0 Å². The van der Waals surface area contributed by atoms with Gasteiger partial charge in [-0.05, 0) is 6.92 Å². The number of carbonyl (C=O) groups is 2. The van der Waals surface area contributed by atoms with Gasteiger partial charge in [-0.1, -0.05) is 0 Å². The summed E-state index contributed by atoms with van der Waals surface area (Å²) in [5, 5.41) is 21.4. The summed E-state index contributed by atoms with van der Waals surface area (Å²) in [4.78, 5) is 26.5. The maximum atomic E-state index is 13.3. The maximum Gasteiger partial charge on any atom is 0.397 e. The third-order valence-corrected chi connectivity index (χ3v) is 16.4. The summed E-state index contributed by atoms with van der Waals surface area (Å²) in [6.45, 7) is -2.73. The second-order valence-corrected chi connectivity index (χ2v) is 25.5. The lowest BCUT2D eigenvalue weighted by Gasteiger charge is -2.51. The van der Waals surface area contributed by atoms with Crippen LogP contribution < -0.4 is 0 Å². The molecular formula is C39H66O45S6. The zero-order valence-corrected chi connectivity index (χ0v) is 52.6. The Balaban J connectivity index is 1.60. The largest absolute Gasteiger partial charge is 0.479 e. The zero-order valence-electron chi connectivity index (χ0n) is 47.7. The highest BCUT2D eigenvalue weighted by molar-refractivity contribution is 7.82. The van der Waals surface area contributed by atoms with Crippen LogP contribution in [0.4, 0.5) is 0 Å². The quantitative estimate of drug-likeness (QED) is 0.0283. The van der Waals surface area contributed by atoms with Gasteiger partial charge in [-0.2, -0.15) is 50.5 Å². The molecule has 0 aromatic heterocycles. The summed E-state index contributed by atoms with van der Waals surface area (Å²) < 4.78 is 329. The van der Waals surface area contributed by atoms with Crippen LogP contribution in [0.25, 0.3) is 0 Å². The van der Waals surface area contributed by atoms with Crippen LogP contribution in [0, 0.1) is 0 Å². The van der Waals surface area contributed by atoms with E-state index >= 15 is 0 Å². The molecule has 5 fully saturated rings. The van der Waals surface area contributed by atoms with Gasteiger partial charge in [-0.15, -0.1) is 0 Å². The number of hydrogen-bond acceptors (Lipinski definition) is 37. The number of carboxylic acid groups (broad SMARTS) is 2. The SMILES string of the molecule is CO[C@@H]1[C@@H](OC)[C@H](O[C@H]2[C@H](OS(=O)(=O)O)[C@@H](OS(=O)(=O)O)[C@@H](O[C@H]3[C@H](OC)[C@@H](OC)[C@H](O[C@H]4[C@H](OC)[C@@H](OS(=O)(=O)O)[C@@H](C)O[C@@H]4COS(=O)(=O)O)O[C@H]3C(=O)O)O[C@@H]2COS(=O)(=O)O)O[C@H](C(=O)O)[C@H]1O[C@H]1O[C@H](COS(=O)(=O)O)[C@@H](OC)[C@H](OC)[C@H]1OC. The minimum atomic E-state index is -6.13. The molecule has 5 aliphatic rings. The van der Waals surface area contributed by atoms with Crippen LogP contribution in [0.3, 0.4) is 0 Å². The van der Waals surface area contributed by atoms with Gasteiger partial charge in [-0.3, -0.25) is 27.3 Å². The van der Waals surface area contributed by atoms with Crippen molar-refractivity contribution >= 4 is 74.3 Å². The Kier molecular flexibility index (Phi) is 27.8. The molecule has 5 rings (SSSR count). The number of hydrogen-bond donors (Lipinski definition) is 8. The highest BCUT2D eigenvalue weighted by Crippen LogP contribution is 2.41. The van der Waals surface area contributed by atoms with Crippen LogP contribution in [0.2, 0.25) is 0 Å². The Bertz CT molecular complexity index is 3060. The summed E-state index contributed by atoms with van der Waals surface area (Å²) in [6, 6.07) is 0. The molecule has 0 aromatic carbocycles. The first-order valence-corrected chi connectivity index (χ1v) is 33.2. The molecule has 5 aliphatic heterocycles. The van der Waals surface area contributed by atoms with E-state index in [4.69, 9.17) is 93.1 Å². The van der Waals surface area contributed by atoms with E-state index in [1.54, 1.807) is 0 Å². The van der Waals surface area contributed by atoms with Crippen molar-refractivity contribution < 1.29 is 203 Å². The Morgan fingerprint density at radius 3 is 0.889 bits per heavy atom. The van der Waals surface area contributed by atoms with Crippen LogP contribution in [0.1, 0.15) is 6.92 Å². The van der Waals surface area contributed by atoms with Crippen LogP contribution in [-0.2, 0) is 178 Å². The van der Waals surface area contributed by atoms with Crippen molar-refractivity contribution in [3.05, 3.63) is 0 Å². The number of methoxy groups -OCH3 is 8. The first-order valence-electron chi connectivity index (χ1n) is 25.0. The van der Waals surface area contributed by atoms with Crippen LogP contribution in [-0.4, -0.2) is 330 Å². The van der Waals surface area contributed by atoms with Gasteiger partial charge in [0.05, 0.1) is 25.9 Å². The molecule has 0 spiro atoms. The number of rotatable bonds is 33. The lowest BCUT2D eigenvalue weighted by molar-refractivity contribution is -0.387. The normalized spacial score (nSPS) is 38.6. The Morgan fingerprint density at radius 2 is 0.567 bits per heavy atom. The van der Waals surface area contributed by atoms with Crippen molar-refractivity contribution in [3.63, 3.8) is 0 Å². The van der Waals surface area contributed by atoms with Gasteiger partial charge in [0.25, 0.3) is 0 Å². The molecule has 0 radical (unpaired) electrons. The number of aliphatic carboxylic acids is 2. The lowest BCUT2D eigenvalue weighted by atomic mass is 9.94. The second-order valence-electron chi connectivity index (χ2n) is 19.1. The van der Waals surface area contributed by atoms with Crippen molar-refractivity contribution in [2.24, 2.45) is 0 Å². The molecule has 51 heteroatoms. The molecule has 45 nitrogen and oxygen atoms in total. The Hall–Kier alpha value is -2.52. The van der Waals surface area contributed by atoms with Crippen LogP contribution in [0.15, 0.2) is 0 Å². The van der Waals surface area contributed by atoms with Gasteiger partial charge in [0, 0.05) is 56.9 Å². The highest BCUT2D eigenvalue weighted by atomic mass is 32.3. The average Bonchev–Trinajstić information content (AvgIpc) is 0.886. The standard InChI is InChI=1S/C39H66O45S6/c1-13-17(82-88(53,54)55)21(63-3)19(15(73-13)11-71-86(47,48)49)76-37-31(68-8)24(66-6)26(29(80-37)35(42)43)79-39-33(84-90(59,60)61)27(83-89(56,57)58)20(16(75-39)12-72-87(50,51)52)77-38-32(69-9)23(65-5)25(28(81-38)34(40)41)78-36-30(67-7)22(64-4)18(62-2)14(74-36)10-70-85(44,45)46/h13-33,36-39H,10-12H2,1-9H3,(H,40,41)(H,42,43)(H,44,45,46)(H,47,48,49)(H,50,51,52)(H,53,54,55)(H,56,57,58)(H,59,60,61)/t13-,14-,15-,16-,17+,18-,19-,20-,21-,22+,23+,24+,25+,26+,27+,28+,29-,30-,31-,32-,33-,36-,37-,38-,39-/m1/s1. The molecular weight excluding hydrogens is 1380 g/mol. The van der Waals surface area contributed by atoms with Crippen molar-refractivity contribution in [3.8, 4) is 0 Å². The van der Waals surface area contributed by atoms with Gasteiger partial charge >= 0.3 is 74.3 Å². The summed E-state index contributed by atoms with van der Waals surface area (Å²) >= 11 is 0. The van der Waals surface area contributed by atoms with Gasteiger partial charge in [0.2, 0.25) is 0 Å². The fraction of sp³-hybridized carbons (Fsp3) is 0.949. The van der Waals surface area contributed by atoms with E-state index < -0.39 is 247 Å². The molecule has 5 heterocycles.